The topological polar surface area (TPSA) is 50.8 Å². The van der Waals surface area contributed by atoms with Crippen molar-refractivity contribution in [2.45, 2.75) is 39.8 Å². The highest BCUT2D eigenvalue weighted by atomic mass is 35.5. The average Bonchev–Trinajstić information content (AvgIpc) is 2.51. The van der Waals surface area contributed by atoms with Crippen molar-refractivity contribution < 1.29 is 14.3 Å². The van der Waals surface area contributed by atoms with E-state index in [1.54, 1.807) is 6.07 Å². The van der Waals surface area contributed by atoms with E-state index >= 15 is 0 Å². The zero-order chi connectivity index (χ0) is 16.1. The van der Waals surface area contributed by atoms with Crippen LogP contribution in [-0.2, 0) is 0 Å². The number of carbonyl (C=O) groups excluding carboxylic acids is 1. The highest BCUT2D eigenvalue weighted by molar-refractivity contribution is 5.95. The number of halogens is 1. The lowest BCUT2D eigenvalue weighted by Crippen LogP contribution is -2.57. The summed E-state index contributed by atoms with van der Waals surface area (Å²) >= 11 is 0. The number of rotatable bonds is 5. The first-order valence-corrected chi connectivity index (χ1v) is 8.02. The number of benzene rings is 1. The number of amides is 1. The molecule has 1 saturated heterocycles. The third-order valence-electron chi connectivity index (χ3n) is 4.09. The number of piperazine rings is 1. The number of hydrogen-bond donors (Lipinski definition) is 1. The molecule has 1 heterocycles. The molecule has 0 spiro atoms. The summed E-state index contributed by atoms with van der Waals surface area (Å²) in [5, 5.41) is 3.39. The largest absolute Gasteiger partial charge is 0.490 e. The highest BCUT2D eigenvalue weighted by Crippen LogP contribution is 2.29. The Morgan fingerprint density at radius 3 is 2.52 bits per heavy atom. The molecule has 2 atom stereocenters. The van der Waals surface area contributed by atoms with Crippen LogP contribution in [0.15, 0.2) is 18.2 Å². The molecule has 1 N–H and O–H groups in total. The molecule has 1 aromatic carbocycles. The Labute approximate surface area is 144 Å². The minimum atomic E-state index is 0. The minimum Gasteiger partial charge on any atom is -0.490 e. The average molecular weight is 343 g/mol. The molecule has 5 nitrogen and oxygen atoms in total. The summed E-state index contributed by atoms with van der Waals surface area (Å²) in [5.41, 5.74) is 0.646. The van der Waals surface area contributed by atoms with Gasteiger partial charge in [-0.15, -0.1) is 12.4 Å². The second-order valence-corrected chi connectivity index (χ2v) is 5.51. The highest BCUT2D eigenvalue weighted by Gasteiger charge is 2.29. The SMILES string of the molecule is CCOc1ccc(C(=O)N2CCNC(C)C2C)cc1OCC.Cl. The molecule has 0 bridgehead atoms. The van der Waals surface area contributed by atoms with Gasteiger partial charge in [0.05, 0.1) is 13.2 Å². The van der Waals surface area contributed by atoms with E-state index in [0.29, 0.717) is 36.3 Å². The zero-order valence-corrected chi connectivity index (χ0v) is 15.1. The van der Waals surface area contributed by atoms with Crippen molar-refractivity contribution in [2.75, 3.05) is 26.3 Å². The van der Waals surface area contributed by atoms with Crippen molar-refractivity contribution in [3.05, 3.63) is 23.8 Å². The van der Waals surface area contributed by atoms with Gasteiger partial charge in [0, 0.05) is 30.7 Å². The Morgan fingerprint density at radius 2 is 1.87 bits per heavy atom. The first-order valence-electron chi connectivity index (χ1n) is 8.02. The predicted octanol–water partition coefficient (Wildman–Crippen LogP) is 2.73. The molecule has 1 fully saturated rings. The Hall–Kier alpha value is -1.46. The molecule has 1 amide bonds. The molecule has 23 heavy (non-hydrogen) atoms. The summed E-state index contributed by atoms with van der Waals surface area (Å²) in [4.78, 5) is 14.7. The maximum Gasteiger partial charge on any atom is 0.254 e. The summed E-state index contributed by atoms with van der Waals surface area (Å²) < 4.78 is 11.2. The van der Waals surface area contributed by atoms with Crippen LogP contribution in [0.2, 0.25) is 0 Å². The van der Waals surface area contributed by atoms with Gasteiger partial charge in [0.15, 0.2) is 11.5 Å². The van der Waals surface area contributed by atoms with E-state index < -0.39 is 0 Å². The fourth-order valence-electron chi connectivity index (χ4n) is 2.69. The van der Waals surface area contributed by atoms with Crippen LogP contribution in [0.5, 0.6) is 11.5 Å². The molecule has 0 radical (unpaired) electrons. The van der Waals surface area contributed by atoms with Crippen LogP contribution in [0.1, 0.15) is 38.1 Å². The third-order valence-corrected chi connectivity index (χ3v) is 4.09. The van der Waals surface area contributed by atoms with E-state index in [4.69, 9.17) is 9.47 Å². The Balaban J connectivity index is 0.00000264. The molecule has 1 aliphatic rings. The lowest BCUT2D eigenvalue weighted by Gasteiger charge is -2.38. The lowest BCUT2D eigenvalue weighted by atomic mass is 10.1. The molecular formula is C17H27ClN2O3. The van der Waals surface area contributed by atoms with Gasteiger partial charge in [0.25, 0.3) is 5.91 Å². The Morgan fingerprint density at radius 1 is 1.22 bits per heavy atom. The van der Waals surface area contributed by atoms with Gasteiger partial charge in [0.1, 0.15) is 0 Å². The van der Waals surface area contributed by atoms with E-state index in [1.165, 1.54) is 0 Å². The van der Waals surface area contributed by atoms with Crippen molar-refractivity contribution in [1.29, 1.82) is 0 Å². The molecule has 0 aromatic heterocycles. The summed E-state index contributed by atoms with van der Waals surface area (Å²) in [5.74, 6) is 1.36. The van der Waals surface area contributed by atoms with Gasteiger partial charge < -0.3 is 19.7 Å². The zero-order valence-electron chi connectivity index (χ0n) is 14.3. The maximum absolute atomic E-state index is 12.8. The summed E-state index contributed by atoms with van der Waals surface area (Å²) in [7, 11) is 0. The molecule has 0 aliphatic carbocycles. The molecule has 0 saturated carbocycles. The van der Waals surface area contributed by atoms with E-state index in [9.17, 15) is 4.79 Å². The van der Waals surface area contributed by atoms with E-state index in [0.717, 1.165) is 13.1 Å². The van der Waals surface area contributed by atoms with Gasteiger partial charge in [0.2, 0.25) is 0 Å². The summed E-state index contributed by atoms with van der Waals surface area (Å²) in [6.45, 7) is 10.7. The fourth-order valence-corrected chi connectivity index (χ4v) is 2.69. The second-order valence-electron chi connectivity index (χ2n) is 5.51. The summed E-state index contributed by atoms with van der Waals surface area (Å²) in [6, 6.07) is 5.89. The van der Waals surface area contributed by atoms with Crippen molar-refractivity contribution >= 4 is 18.3 Å². The van der Waals surface area contributed by atoms with Gasteiger partial charge in [-0.2, -0.15) is 0 Å². The molecule has 1 aliphatic heterocycles. The van der Waals surface area contributed by atoms with E-state index in [2.05, 4.69) is 19.2 Å². The number of nitrogens with zero attached hydrogens (tertiary/aromatic N) is 1. The van der Waals surface area contributed by atoms with Crippen molar-refractivity contribution in [3.63, 3.8) is 0 Å². The number of nitrogens with one attached hydrogen (secondary N) is 1. The molecular weight excluding hydrogens is 316 g/mol. The second kappa shape index (κ2) is 8.99. The molecule has 6 heteroatoms. The van der Waals surface area contributed by atoms with Crippen LogP contribution in [0.4, 0.5) is 0 Å². The number of hydrogen-bond acceptors (Lipinski definition) is 4. The van der Waals surface area contributed by atoms with Crippen LogP contribution in [0.3, 0.4) is 0 Å². The van der Waals surface area contributed by atoms with Gasteiger partial charge in [-0.25, -0.2) is 0 Å². The Kier molecular flexibility index (Phi) is 7.65. The van der Waals surface area contributed by atoms with Gasteiger partial charge in [-0.05, 0) is 45.9 Å². The first kappa shape index (κ1) is 19.6. The third kappa shape index (κ3) is 4.52. The number of carbonyl (C=O) groups is 1. The molecule has 130 valence electrons. The first-order chi connectivity index (χ1) is 10.6. The molecule has 2 rings (SSSR count). The quantitative estimate of drug-likeness (QED) is 0.894. The fraction of sp³-hybridized carbons (Fsp3) is 0.588. The van der Waals surface area contributed by atoms with E-state index in [1.807, 2.05) is 30.9 Å². The van der Waals surface area contributed by atoms with Crippen LogP contribution < -0.4 is 14.8 Å². The molecule has 2 unspecified atom stereocenters. The van der Waals surface area contributed by atoms with Crippen molar-refractivity contribution in [3.8, 4) is 11.5 Å². The van der Waals surface area contributed by atoms with Crippen LogP contribution >= 0.6 is 12.4 Å². The normalized spacial score (nSPS) is 20.6. The van der Waals surface area contributed by atoms with Crippen molar-refractivity contribution in [1.82, 2.24) is 10.2 Å². The number of ether oxygens (including phenoxy) is 2. The summed E-state index contributed by atoms with van der Waals surface area (Å²) in [6.07, 6.45) is 0. The maximum atomic E-state index is 12.8. The minimum absolute atomic E-state index is 0. The van der Waals surface area contributed by atoms with Gasteiger partial charge in [-0.3, -0.25) is 4.79 Å². The van der Waals surface area contributed by atoms with Crippen LogP contribution in [0.25, 0.3) is 0 Å². The van der Waals surface area contributed by atoms with Crippen molar-refractivity contribution in [2.24, 2.45) is 0 Å². The van der Waals surface area contributed by atoms with Gasteiger partial charge >= 0.3 is 0 Å². The smallest absolute Gasteiger partial charge is 0.254 e. The predicted molar refractivity (Wildman–Crippen MR) is 94.0 cm³/mol. The van der Waals surface area contributed by atoms with Crippen LogP contribution in [-0.4, -0.2) is 49.2 Å². The van der Waals surface area contributed by atoms with Crippen LogP contribution in [0, 0.1) is 0 Å². The molecule has 1 aromatic rings. The van der Waals surface area contributed by atoms with E-state index in [-0.39, 0.29) is 24.4 Å². The lowest BCUT2D eigenvalue weighted by molar-refractivity contribution is 0.0602. The monoisotopic (exact) mass is 342 g/mol. The standard InChI is InChI=1S/C17H26N2O3.ClH/c1-5-21-15-8-7-14(11-16(15)22-6-2)17(20)19-10-9-18-12(3)13(19)4;/h7-8,11-13,18H,5-6,9-10H2,1-4H3;1H. The Bertz CT molecular complexity index is 525. The van der Waals surface area contributed by atoms with Gasteiger partial charge in [-0.1, -0.05) is 0 Å².